The van der Waals surface area contributed by atoms with Gasteiger partial charge in [0.2, 0.25) is 0 Å². The van der Waals surface area contributed by atoms with E-state index in [2.05, 4.69) is 15.8 Å². The van der Waals surface area contributed by atoms with Crippen LogP contribution in [0.4, 0.5) is 5.00 Å². The Balaban J connectivity index is 1.37. The van der Waals surface area contributed by atoms with Gasteiger partial charge in [0.15, 0.2) is 6.61 Å². The van der Waals surface area contributed by atoms with Crippen LogP contribution in [-0.2, 0) is 37.2 Å². The second-order valence-corrected chi connectivity index (χ2v) is 10.2. The molecule has 0 saturated carbocycles. The number of thiophene rings is 1. The molecule has 0 spiro atoms. The average Bonchev–Trinajstić information content (AvgIpc) is 2.90. The summed E-state index contributed by atoms with van der Waals surface area (Å²) in [5.41, 5.74) is 1.72. The summed E-state index contributed by atoms with van der Waals surface area (Å²) < 4.78 is 31.8. The number of ether oxygens (including phenoxy) is 1. The van der Waals surface area contributed by atoms with Crippen LogP contribution in [0.15, 0.2) is 28.3 Å². The fourth-order valence-electron chi connectivity index (χ4n) is 3.65. The standard InChI is InChI=1S/C20H20N4O5S2/c21-10-15-14-4-2-1-3-5-16(14)30-19(15)22-18(25)12-29-20(26)13-6-7-17-23-31(27,28)9-8-24(17)11-13/h6-7,11H,1-5,8-9,12H2,(H,22,25). The first-order chi connectivity index (χ1) is 14.9. The lowest BCUT2D eigenvalue weighted by Gasteiger charge is -2.26. The molecule has 1 aromatic rings. The largest absolute Gasteiger partial charge is 0.452 e. The van der Waals surface area contributed by atoms with Crippen molar-refractivity contribution in [3.63, 3.8) is 0 Å². The summed E-state index contributed by atoms with van der Waals surface area (Å²) in [5, 5.41) is 12.7. The lowest BCUT2D eigenvalue weighted by atomic mass is 10.1. The van der Waals surface area contributed by atoms with Crippen molar-refractivity contribution in [1.82, 2.24) is 4.90 Å². The molecule has 1 N–H and O–H groups in total. The predicted octanol–water partition coefficient (Wildman–Crippen LogP) is 1.87. The molecule has 11 heteroatoms. The van der Waals surface area contributed by atoms with Crippen molar-refractivity contribution in [2.75, 3.05) is 24.2 Å². The van der Waals surface area contributed by atoms with E-state index in [0.717, 1.165) is 42.5 Å². The van der Waals surface area contributed by atoms with Gasteiger partial charge < -0.3 is 15.0 Å². The molecule has 0 aromatic carbocycles. The molecule has 0 fully saturated rings. The maximum absolute atomic E-state index is 12.3. The van der Waals surface area contributed by atoms with Crippen molar-refractivity contribution in [3.8, 4) is 6.07 Å². The van der Waals surface area contributed by atoms with Crippen molar-refractivity contribution in [2.24, 2.45) is 4.40 Å². The molecule has 1 aromatic heterocycles. The zero-order valence-corrected chi connectivity index (χ0v) is 18.2. The molecule has 3 heterocycles. The zero-order chi connectivity index (χ0) is 22.0. The van der Waals surface area contributed by atoms with Crippen molar-refractivity contribution >= 4 is 44.1 Å². The fraction of sp³-hybridized carbons (Fsp3) is 0.400. The number of esters is 1. The van der Waals surface area contributed by atoms with E-state index in [4.69, 9.17) is 4.74 Å². The summed E-state index contributed by atoms with van der Waals surface area (Å²) in [6, 6.07) is 2.20. The highest BCUT2D eigenvalue weighted by molar-refractivity contribution is 7.90. The van der Waals surface area contributed by atoms with Gasteiger partial charge in [-0.1, -0.05) is 6.42 Å². The Morgan fingerprint density at radius 2 is 2.06 bits per heavy atom. The van der Waals surface area contributed by atoms with Gasteiger partial charge in [0.25, 0.3) is 15.9 Å². The molecule has 1 amide bonds. The van der Waals surface area contributed by atoms with Crippen LogP contribution in [0.2, 0.25) is 0 Å². The molecule has 3 aliphatic rings. The van der Waals surface area contributed by atoms with Crippen LogP contribution >= 0.6 is 11.3 Å². The van der Waals surface area contributed by atoms with Crippen molar-refractivity contribution in [3.05, 3.63) is 39.9 Å². The maximum atomic E-state index is 12.3. The Bertz CT molecular complexity index is 1170. The normalized spacial score (nSPS) is 19.1. The lowest BCUT2D eigenvalue weighted by Crippen LogP contribution is -2.37. The van der Waals surface area contributed by atoms with Gasteiger partial charge in [-0.3, -0.25) is 4.79 Å². The van der Waals surface area contributed by atoms with E-state index < -0.39 is 28.5 Å². The number of nitrogens with zero attached hydrogens (tertiary/aromatic N) is 3. The number of aryl methyl sites for hydroxylation is 1. The third-order valence-corrected chi connectivity index (χ3v) is 7.55. The van der Waals surface area contributed by atoms with Crippen molar-refractivity contribution < 1.29 is 22.7 Å². The van der Waals surface area contributed by atoms with Gasteiger partial charge in [0.1, 0.15) is 16.9 Å². The van der Waals surface area contributed by atoms with E-state index in [1.165, 1.54) is 29.7 Å². The minimum Gasteiger partial charge on any atom is -0.452 e. The Hall–Kier alpha value is -2.97. The summed E-state index contributed by atoms with van der Waals surface area (Å²) >= 11 is 1.42. The van der Waals surface area contributed by atoms with Gasteiger partial charge in [-0.2, -0.15) is 5.26 Å². The summed E-state index contributed by atoms with van der Waals surface area (Å²) in [6.07, 6.45) is 9.26. The smallest absolute Gasteiger partial charge is 0.340 e. The van der Waals surface area contributed by atoms with Gasteiger partial charge in [-0.15, -0.1) is 15.7 Å². The topological polar surface area (TPSA) is 129 Å². The van der Waals surface area contributed by atoms with E-state index in [1.54, 1.807) is 4.90 Å². The number of sulfonamides is 1. The number of rotatable bonds is 4. The maximum Gasteiger partial charge on any atom is 0.340 e. The number of carbonyl (C=O) groups is 2. The van der Waals surface area contributed by atoms with E-state index in [0.29, 0.717) is 10.6 Å². The molecule has 0 radical (unpaired) electrons. The molecule has 4 rings (SSSR count). The second-order valence-electron chi connectivity index (χ2n) is 7.35. The highest BCUT2D eigenvalue weighted by Gasteiger charge is 2.26. The van der Waals surface area contributed by atoms with Crippen LogP contribution in [0, 0.1) is 11.3 Å². The molecular weight excluding hydrogens is 440 g/mol. The first kappa shape index (κ1) is 21.3. The molecule has 0 bridgehead atoms. The number of amidine groups is 1. The predicted molar refractivity (Wildman–Crippen MR) is 115 cm³/mol. The highest BCUT2D eigenvalue weighted by Crippen LogP contribution is 2.36. The minimum absolute atomic E-state index is 0.141. The average molecular weight is 461 g/mol. The molecule has 9 nitrogen and oxygen atoms in total. The Morgan fingerprint density at radius 3 is 2.87 bits per heavy atom. The lowest BCUT2D eigenvalue weighted by molar-refractivity contribution is -0.143. The first-order valence-corrected chi connectivity index (χ1v) is 12.3. The fourth-order valence-corrected chi connectivity index (χ4v) is 5.87. The molecular formula is C20H20N4O5S2. The number of carbonyl (C=O) groups excluding carboxylic acids is 2. The number of fused-ring (bicyclic) bond motifs is 2. The number of hydrogen-bond donors (Lipinski definition) is 1. The van der Waals surface area contributed by atoms with Gasteiger partial charge in [-0.25, -0.2) is 13.2 Å². The Labute approximate surface area is 183 Å². The number of hydrogen-bond acceptors (Lipinski definition) is 8. The first-order valence-electron chi connectivity index (χ1n) is 9.87. The van der Waals surface area contributed by atoms with E-state index in [1.807, 2.05) is 0 Å². The summed E-state index contributed by atoms with van der Waals surface area (Å²) in [7, 11) is -3.48. The highest BCUT2D eigenvalue weighted by atomic mass is 32.2. The Morgan fingerprint density at radius 1 is 1.26 bits per heavy atom. The van der Waals surface area contributed by atoms with Crippen LogP contribution in [0.25, 0.3) is 0 Å². The zero-order valence-electron chi connectivity index (χ0n) is 16.6. The van der Waals surface area contributed by atoms with Gasteiger partial charge in [-0.05, 0) is 43.4 Å². The van der Waals surface area contributed by atoms with Crippen LogP contribution in [0.1, 0.15) is 35.3 Å². The van der Waals surface area contributed by atoms with Crippen LogP contribution in [0.5, 0.6) is 0 Å². The molecule has 31 heavy (non-hydrogen) atoms. The quantitative estimate of drug-likeness (QED) is 0.536. The number of nitriles is 1. The van der Waals surface area contributed by atoms with E-state index in [-0.39, 0.29) is 23.7 Å². The Kier molecular flexibility index (Phi) is 5.93. The third kappa shape index (κ3) is 4.70. The molecule has 1 aliphatic carbocycles. The van der Waals surface area contributed by atoms with E-state index in [9.17, 15) is 23.3 Å². The minimum atomic E-state index is -3.48. The molecule has 162 valence electrons. The number of nitrogens with one attached hydrogen (secondary N) is 1. The van der Waals surface area contributed by atoms with Crippen LogP contribution in [0.3, 0.4) is 0 Å². The SMILES string of the molecule is N#Cc1c(NC(=O)COC(=O)C2=CN3CCS(=O)(=O)N=C3C=C2)sc2c1CCCCC2. The van der Waals surface area contributed by atoms with Crippen LogP contribution in [-0.4, -0.2) is 49.9 Å². The number of anilines is 1. The van der Waals surface area contributed by atoms with E-state index >= 15 is 0 Å². The van der Waals surface area contributed by atoms with Crippen molar-refractivity contribution in [1.29, 1.82) is 5.26 Å². The molecule has 0 saturated heterocycles. The summed E-state index contributed by atoms with van der Waals surface area (Å²) in [5.74, 6) is -1.13. The monoisotopic (exact) mass is 460 g/mol. The van der Waals surface area contributed by atoms with Gasteiger partial charge >= 0.3 is 5.97 Å². The van der Waals surface area contributed by atoms with Gasteiger partial charge in [0.05, 0.1) is 16.9 Å². The molecule has 2 aliphatic heterocycles. The molecule has 0 unspecified atom stereocenters. The summed E-state index contributed by atoms with van der Waals surface area (Å²) in [6.45, 7) is -0.310. The summed E-state index contributed by atoms with van der Waals surface area (Å²) in [4.78, 5) is 27.3. The molecule has 0 atom stereocenters. The number of amides is 1. The second kappa shape index (κ2) is 8.64. The third-order valence-electron chi connectivity index (χ3n) is 5.18. The van der Waals surface area contributed by atoms with Crippen LogP contribution < -0.4 is 5.32 Å². The van der Waals surface area contributed by atoms with Gasteiger partial charge in [0, 0.05) is 17.6 Å². The van der Waals surface area contributed by atoms with Crippen molar-refractivity contribution in [2.45, 2.75) is 32.1 Å².